The Morgan fingerprint density at radius 2 is 1.70 bits per heavy atom. The second kappa shape index (κ2) is 12.1. The Labute approximate surface area is 243 Å². The lowest BCUT2D eigenvalue weighted by atomic mass is 9.79. The number of hydrogen-bond acceptors (Lipinski definition) is 5. The van der Waals surface area contributed by atoms with E-state index in [2.05, 4.69) is 15.5 Å². The summed E-state index contributed by atoms with van der Waals surface area (Å²) < 4.78 is 14.9. The van der Waals surface area contributed by atoms with E-state index in [4.69, 9.17) is 0 Å². The molecule has 0 bridgehead atoms. The Hall–Kier alpha value is -3.81. The SMILES string of the molecule is Cl.O=C(Nc1ccc(C(=O)C2CC=C(F)C3=CNC=C4CSCCN4C32)cc1)c1ccccc1-c1ccccc1. The molecule has 5 nitrogen and oxygen atoms in total. The third kappa shape index (κ3) is 5.44. The maximum Gasteiger partial charge on any atom is 0.256 e. The van der Waals surface area contributed by atoms with Crippen molar-refractivity contribution in [3.05, 3.63) is 126 Å². The molecular formula is C32H29ClFN3O2S. The van der Waals surface area contributed by atoms with Crippen LogP contribution in [0.3, 0.4) is 0 Å². The zero-order valence-corrected chi connectivity index (χ0v) is 23.3. The summed E-state index contributed by atoms with van der Waals surface area (Å²) in [5.41, 5.74) is 5.16. The fourth-order valence-corrected chi connectivity index (χ4v) is 6.47. The number of nitrogens with zero attached hydrogens (tertiary/aromatic N) is 1. The fourth-order valence-electron chi connectivity index (χ4n) is 5.54. The fraction of sp³-hybridized carbons (Fsp3) is 0.188. The van der Waals surface area contributed by atoms with E-state index >= 15 is 0 Å². The van der Waals surface area contributed by atoms with Gasteiger partial charge in [0.1, 0.15) is 5.83 Å². The molecule has 3 aliphatic rings. The topological polar surface area (TPSA) is 61.4 Å². The van der Waals surface area contributed by atoms with Crippen LogP contribution in [0.5, 0.6) is 0 Å². The first-order valence-corrected chi connectivity index (χ1v) is 14.2. The van der Waals surface area contributed by atoms with Gasteiger partial charge in [-0.1, -0.05) is 48.5 Å². The number of nitrogens with one attached hydrogen (secondary N) is 2. The van der Waals surface area contributed by atoms with Crippen molar-refractivity contribution in [1.29, 1.82) is 0 Å². The van der Waals surface area contributed by atoms with Crippen LogP contribution in [-0.4, -0.2) is 40.7 Å². The van der Waals surface area contributed by atoms with Crippen LogP contribution in [0.1, 0.15) is 27.1 Å². The molecule has 3 aromatic carbocycles. The van der Waals surface area contributed by atoms with Crippen LogP contribution in [0.2, 0.25) is 0 Å². The summed E-state index contributed by atoms with van der Waals surface area (Å²) in [6, 6.07) is 23.9. The van der Waals surface area contributed by atoms with Gasteiger partial charge in [0.05, 0.1) is 12.0 Å². The van der Waals surface area contributed by atoms with E-state index < -0.39 is 5.92 Å². The number of thioether (sulfide) groups is 1. The number of amides is 1. The molecule has 1 fully saturated rings. The lowest BCUT2D eigenvalue weighted by molar-refractivity contribution is 0.0845. The number of rotatable bonds is 5. The number of carbonyl (C=O) groups excluding carboxylic acids is 2. The summed E-state index contributed by atoms with van der Waals surface area (Å²) in [6.07, 6.45) is 5.48. The van der Waals surface area contributed by atoms with E-state index in [1.807, 2.05) is 66.5 Å². The van der Waals surface area contributed by atoms with E-state index in [9.17, 15) is 14.0 Å². The van der Waals surface area contributed by atoms with E-state index in [0.717, 1.165) is 34.9 Å². The smallest absolute Gasteiger partial charge is 0.256 e. The first kappa shape index (κ1) is 27.7. The molecule has 0 spiro atoms. The molecule has 2 atom stereocenters. The van der Waals surface area contributed by atoms with E-state index in [1.165, 1.54) is 6.08 Å². The van der Waals surface area contributed by atoms with Gasteiger partial charge in [-0.15, -0.1) is 12.4 Å². The van der Waals surface area contributed by atoms with Crippen LogP contribution in [0.15, 0.2) is 114 Å². The molecule has 1 aliphatic carbocycles. The van der Waals surface area contributed by atoms with Crippen molar-refractivity contribution in [2.75, 3.05) is 23.4 Å². The molecule has 1 saturated heterocycles. The van der Waals surface area contributed by atoms with Crippen molar-refractivity contribution in [2.45, 2.75) is 12.5 Å². The van der Waals surface area contributed by atoms with Gasteiger partial charge >= 0.3 is 0 Å². The van der Waals surface area contributed by atoms with Crippen LogP contribution >= 0.6 is 24.2 Å². The third-order valence-corrected chi connectivity index (χ3v) is 8.44. The Morgan fingerprint density at radius 3 is 2.50 bits per heavy atom. The molecule has 2 heterocycles. The molecular weight excluding hydrogens is 545 g/mol. The van der Waals surface area contributed by atoms with E-state index in [0.29, 0.717) is 28.8 Å². The molecule has 0 saturated carbocycles. The van der Waals surface area contributed by atoms with Crippen molar-refractivity contribution < 1.29 is 14.0 Å². The highest BCUT2D eigenvalue weighted by molar-refractivity contribution is 7.99. The molecule has 0 radical (unpaired) electrons. The first-order chi connectivity index (χ1) is 19.1. The highest BCUT2D eigenvalue weighted by Crippen LogP contribution is 2.39. The third-order valence-electron chi connectivity index (χ3n) is 7.47. The van der Waals surface area contributed by atoms with Gasteiger partial charge in [0.15, 0.2) is 5.78 Å². The Balaban J connectivity index is 0.00000323. The minimum atomic E-state index is -0.402. The Morgan fingerprint density at radius 1 is 0.950 bits per heavy atom. The van der Waals surface area contributed by atoms with Crippen LogP contribution in [0, 0.1) is 5.92 Å². The number of anilines is 1. The molecule has 1 amide bonds. The number of benzene rings is 3. The average Bonchev–Trinajstić information content (AvgIpc) is 3.18. The number of Topliss-reactive ketones (excluding diaryl/α,β-unsaturated/α-hetero) is 1. The van der Waals surface area contributed by atoms with Gasteiger partial charge in [0.25, 0.3) is 5.91 Å². The van der Waals surface area contributed by atoms with Crippen molar-refractivity contribution in [3.63, 3.8) is 0 Å². The minimum Gasteiger partial charge on any atom is -0.366 e. The summed E-state index contributed by atoms with van der Waals surface area (Å²) in [4.78, 5) is 29.1. The van der Waals surface area contributed by atoms with Crippen LogP contribution in [-0.2, 0) is 0 Å². The van der Waals surface area contributed by atoms with Gasteiger partial charge in [-0.05, 0) is 54.0 Å². The minimum absolute atomic E-state index is 0. The van der Waals surface area contributed by atoms with Crippen molar-refractivity contribution in [3.8, 4) is 11.1 Å². The second-order valence-electron chi connectivity index (χ2n) is 9.79. The Kier molecular flexibility index (Phi) is 8.43. The number of fused-ring (bicyclic) bond motifs is 3. The average molecular weight is 574 g/mol. The highest BCUT2D eigenvalue weighted by atomic mass is 35.5. The summed E-state index contributed by atoms with van der Waals surface area (Å²) >= 11 is 1.84. The van der Waals surface area contributed by atoms with Crippen LogP contribution in [0.4, 0.5) is 10.1 Å². The van der Waals surface area contributed by atoms with Crippen molar-refractivity contribution in [2.24, 2.45) is 5.92 Å². The van der Waals surface area contributed by atoms with Crippen LogP contribution in [0.25, 0.3) is 11.1 Å². The zero-order chi connectivity index (χ0) is 26.8. The van der Waals surface area contributed by atoms with Crippen molar-refractivity contribution >= 4 is 41.5 Å². The number of carbonyl (C=O) groups is 2. The van der Waals surface area contributed by atoms with Gasteiger partial charge in [-0.2, -0.15) is 11.8 Å². The Bertz CT molecular complexity index is 1500. The van der Waals surface area contributed by atoms with Gasteiger partial charge in [0.2, 0.25) is 0 Å². The molecule has 2 aliphatic heterocycles. The molecule has 0 aromatic heterocycles. The lowest BCUT2D eigenvalue weighted by Crippen LogP contribution is -2.48. The molecule has 3 aromatic rings. The zero-order valence-electron chi connectivity index (χ0n) is 21.7. The molecule has 8 heteroatoms. The molecule has 2 unspecified atom stereocenters. The normalized spacial score (nSPS) is 19.7. The number of allylic oxidation sites excluding steroid dienone is 1. The lowest BCUT2D eigenvalue weighted by Gasteiger charge is -2.42. The predicted octanol–water partition coefficient (Wildman–Crippen LogP) is 6.83. The summed E-state index contributed by atoms with van der Waals surface area (Å²) in [5.74, 6) is 0.859. The molecule has 2 N–H and O–H groups in total. The van der Waals surface area contributed by atoms with Crippen LogP contribution < -0.4 is 10.6 Å². The molecule has 204 valence electrons. The summed E-state index contributed by atoms with van der Waals surface area (Å²) in [5, 5.41) is 6.08. The quantitative estimate of drug-likeness (QED) is 0.328. The standard InChI is InChI=1S/C32H28FN3O2S.ClH/c33-29-15-14-27(30-28(29)19-34-18-24-20-39-17-16-36(24)30)31(37)22-10-12-23(13-11-22)35-32(38)26-9-5-4-8-25(26)21-6-2-1-3-7-21;/h1-13,15,18-19,27,30,34H,14,16-17,20H2,(H,35,38);1H. The maximum absolute atomic E-state index is 14.9. The summed E-state index contributed by atoms with van der Waals surface area (Å²) in [6.45, 7) is 0.771. The van der Waals surface area contributed by atoms with E-state index in [-0.39, 0.29) is 36.0 Å². The first-order valence-electron chi connectivity index (χ1n) is 13.1. The number of halogens is 2. The number of hydrogen-bond donors (Lipinski definition) is 2. The van der Waals surface area contributed by atoms with Gasteiger partial charge in [-0.3, -0.25) is 9.59 Å². The monoisotopic (exact) mass is 573 g/mol. The summed E-state index contributed by atoms with van der Waals surface area (Å²) in [7, 11) is 0. The molecule has 40 heavy (non-hydrogen) atoms. The molecule has 6 rings (SSSR count). The largest absolute Gasteiger partial charge is 0.366 e. The highest BCUT2D eigenvalue weighted by Gasteiger charge is 2.41. The predicted molar refractivity (Wildman–Crippen MR) is 162 cm³/mol. The van der Waals surface area contributed by atoms with Gasteiger partial charge in [-0.25, -0.2) is 4.39 Å². The van der Waals surface area contributed by atoms with Gasteiger partial charge < -0.3 is 15.5 Å². The van der Waals surface area contributed by atoms with Gasteiger partial charge in [0, 0.05) is 58.5 Å². The van der Waals surface area contributed by atoms with Crippen molar-refractivity contribution in [1.82, 2.24) is 10.2 Å². The number of ketones is 1. The van der Waals surface area contributed by atoms with E-state index in [1.54, 1.807) is 36.5 Å². The second-order valence-corrected chi connectivity index (χ2v) is 10.9. The maximum atomic E-state index is 14.9.